The van der Waals surface area contributed by atoms with Crippen LogP contribution in [0, 0.1) is 0 Å². The average Bonchev–Trinajstić information content (AvgIpc) is 3.27. The summed E-state index contributed by atoms with van der Waals surface area (Å²) < 4.78 is 0. The summed E-state index contributed by atoms with van der Waals surface area (Å²) in [5, 5.41) is 15.9. The van der Waals surface area contributed by atoms with Crippen LogP contribution in [0.4, 0.5) is 0 Å². The maximum atomic E-state index is 13.2. The molecule has 1 atom stereocenters. The first kappa shape index (κ1) is 22.5. The molecule has 0 aliphatic carbocycles. The first-order chi connectivity index (χ1) is 16.5. The molecule has 0 saturated heterocycles. The number of benzene rings is 3. The number of carboxylic acids is 1. The Morgan fingerprint density at radius 3 is 2.24 bits per heavy atom. The Hall–Kier alpha value is -4.65. The molecule has 0 aliphatic rings. The van der Waals surface area contributed by atoms with Gasteiger partial charge in [-0.2, -0.15) is 0 Å². The molecule has 0 radical (unpaired) electrons. The fraction of sp³-hybridized carbons (Fsp3) is 0.0741. The third-order valence-corrected chi connectivity index (χ3v) is 5.34. The predicted octanol–water partition coefficient (Wildman–Crippen LogP) is 3.75. The summed E-state index contributed by atoms with van der Waals surface area (Å²) in [5.74, 6) is -2.34. The zero-order valence-corrected chi connectivity index (χ0v) is 18.2. The molecule has 0 saturated carbocycles. The summed E-state index contributed by atoms with van der Waals surface area (Å²) in [7, 11) is 0. The highest BCUT2D eigenvalue weighted by molar-refractivity contribution is 6.06. The number of hydrogen-bond donors (Lipinski definition) is 4. The monoisotopic (exact) mass is 453 g/mol. The van der Waals surface area contributed by atoms with Crippen LogP contribution in [0.3, 0.4) is 0 Å². The molecule has 1 aromatic heterocycles. The number of fused-ring (bicyclic) bond motifs is 1. The summed E-state index contributed by atoms with van der Waals surface area (Å²) in [5.41, 5.74) is 2.66. The number of amides is 2. The molecule has 4 N–H and O–H groups in total. The van der Waals surface area contributed by atoms with Crippen molar-refractivity contribution in [3.63, 3.8) is 0 Å². The van der Waals surface area contributed by atoms with Crippen LogP contribution in [0.15, 0.2) is 96.8 Å². The molecule has 34 heavy (non-hydrogen) atoms. The van der Waals surface area contributed by atoms with E-state index in [1.54, 1.807) is 60.8 Å². The van der Waals surface area contributed by atoms with Crippen molar-refractivity contribution in [1.82, 2.24) is 15.6 Å². The van der Waals surface area contributed by atoms with E-state index >= 15 is 0 Å². The molecule has 7 nitrogen and oxygen atoms in total. The molecule has 2 amide bonds. The van der Waals surface area contributed by atoms with Crippen LogP contribution in [0.1, 0.15) is 21.5 Å². The van der Waals surface area contributed by atoms with E-state index in [4.69, 9.17) is 0 Å². The van der Waals surface area contributed by atoms with Gasteiger partial charge in [-0.05, 0) is 35.4 Å². The van der Waals surface area contributed by atoms with Crippen LogP contribution >= 0.6 is 0 Å². The molecular formula is C27H23N3O4. The molecule has 4 aromatic rings. The van der Waals surface area contributed by atoms with Crippen LogP contribution in [0.2, 0.25) is 0 Å². The van der Waals surface area contributed by atoms with E-state index in [-0.39, 0.29) is 12.1 Å². The summed E-state index contributed by atoms with van der Waals surface area (Å²) >= 11 is 0. The smallest absolute Gasteiger partial charge is 0.326 e. The predicted molar refractivity (Wildman–Crippen MR) is 130 cm³/mol. The third-order valence-electron chi connectivity index (χ3n) is 5.34. The molecule has 0 aliphatic heterocycles. The van der Waals surface area contributed by atoms with E-state index in [1.165, 1.54) is 6.08 Å². The van der Waals surface area contributed by atoms with Crippen molar-refractivity contribution in [2.75, 3.05) is 0 Å². The lowest BCUT2D eigenvalue weighted by Gasteiger charge is -2.17. The van der Waals surface area contributed by atoms with Gasteiger partial charge in [-0.25, -0.2) is 4.79 Å². The Bertz CT molecular complexity index is 1340. The fourth-order valence-corrected chi connectivity index (χ4v) is 3.61. The van der Waals surface area contributed by atoms with E-state index in [9.17, 15) is 19.5 Å². The SMILES string of the molecule is O=C(N[C@@H](Cc1c[nH]c2ccccc12)C(=O)O)/C(=C\c1ccccc1)NC(=O)c1ccccc1. The number of aromatic amines is 1. The van der Waals surface area contributed by atoms with Gasteiger partial charge >= 0.3 is 5.97 Å². The van der Waals surface area contributed by atoms with E-state index in [1.807, 2.05) is 30.3 Å². The minimum atomic E-state index is -1.19. The number of rotatable bonds is 8. The van der Waals surface area contributed by atoms with Crippen molar-refractivity contribution in [3.05, 3.63) is 114 Å². The second-order valence-electron chi connectivity index (χ2n) is 7.72. The fourth-order valence-electron chi connectivity index (χ4n) is 3.61. The Balaban J connectivity index is 1.58. The minimum Gasteiger partial charge on any atom is -0.480 e. The van der Waals surface area contributed by atoms with E-state index in [0.717, 1.165) is 16.5 Å². The van der Waals surface area contributed by atoms with Gasteiger partial charge in [-0.1, -0.05) is 66.7 Å². The van der Waals surface area contributed by atoms with Crippen LogP contribution in [-0.4, -0.2) is 33.9 Å². The maximum Gasteiger partial charge on any atom is 0.326 e. The lowest BCUT2D eigenvalue weighted by molar-refractivity contribution is -0.141. The van der Waals surface area contributed by atoms with Crippen LogP contribution in [0.25, 0.3) is 17.0 Å². The molecule has 1 heterocycles. The second-order valence-corrected chi connectivity index (χ2v) is 7.72. The number of aliphatic carboxylic acids is 1. The third kappa shape index (κ3) is 5.39. The Morgan fingerprint density at radius 2 is 1.53 bits per heavy atom. The highest BCUT2D eigenvalue weighted by Crippen LogP contribution is 2.19. The molecule has 4 rings (SSSR count). The van der Waals surface area contributed by atoms with Crippen molar-refractivity contribution >= 4 is 34.8 Å². The summed E-state index contributed by atoms with van der Waals surface area (Å²) in [6.07, 6.45) is 3.34. The topological polar surface area (TPSA) is 111 Å². The summed E-state index contributed by atoms with van der Waals surface area (Å²) in [6, 6.07) is 23.8. The second kappa shape index (κ2) is 10.3. The number of carboxylic acid groups (broad SMARTS) is 1. The van der Waals surface area contributed by atoms with E-state index < -0.39 is 23.8 Å². The molecule has 3 aromatic carbocycles. The van der Waals surface area contributed by atoms with E-state index in [0.29, 0.717) is 11.1 Å². The summed E-state index contributed by atoms with van der Waals surface area (Å²) in [6.45, 7) is 0. The largest absolute Gasteiger partial charge is 0.480 e. The average molecular weight is 453 g/mol. The molecule has 0 unspecified atom stereocenters. The van der Waals surface area contributed by atoms with Gasteiger partial charge in [-0.3, -0.25) is 9.59 Å². The molecule has 0 fully saturated rings. The number of aromatic nitrogens is 1. The lowest BCUT2D eigenvalue weighted by atomic mass is 10.0. The maximum absolute atomic E-state index is 13.2. The molecule has 0 bridgehead atoms. The molecular weight excluding hydrogens is 430 g/mol. The first-order valence-corrected chi connectivity index (χ1v) is 10.7. The Labute approximate surface area is 196 Å². The first-order valence-electron chi connectivity index (χ1n) is 10.7. The van der Waals surface area contributed by atoms with Crippen LogP contribution in [0.5, 0.6) is 0 Å². The number of carbonyl (C=O) groups is 3. The number of hydrogen-bond acceptors (Lipinski definition) is 3. The molecule has 7 heteroatoms. The van der Waals surface area contributed by atoms with Crippen molar-refractivity contribution < 1.29 is 19.5 Å². The van der Waals surface area contributed by atoms with Gasteiger partial charge in [0, 0.05) is 29.1 Å². The minimum absolute atomic E-state index is 0.0507. The van der Waals surface area contributed by atoms with Crippen LogP contribution < -0.4 is 10.6 Å². The highest BCUT2D eigenvalue weighted by atomic mass is 16.4. The number of H-pyrrole nitrogens is 1. The highest BCUT2D eigenvalue weighted by Gasteiger charge is 2.24. The van der Waals surface area contributed by atoms with Crippen molar-refractivity contribution in [2.24, 2.45) is 0 Å². The van der Waals surface area contributed by atoms with Crippen LogP contribution in [-0.2, 0) is 16.0 Å². The van der Waals surface area contributed by atoms with Gasteiger partial charge < -0.3 is 20.7 Å². The molecule has 170 valence electrons. The van der Waals surface area contributed by atoms with Gasteiger partial charge in [-0.15, -0.1) is 0 Å². The number of para-hydroxylation sites is 1. The van der Waals surface area contributed by atoms with Gasteiger partial charge in [0.25, 0.3) is 11.8 Å². The summed E-state index contributed by atoms with van der Waals surface area (Å²) in [4.78, 5) is 41.0. The number of nitrogens with one attached hydrogen (secondary N) is 3. The van der Waals surface area contributed by atoms with E-state index in [2.05, 4.69) is 15.6 Å². The number of carbonyl (C=O) groups excluding carboxylic acids is 2. The normalized spacial score (nSPS) is 12.2. The van der Waals surface area contributed by atoms with Gasteiger partial charge in [0.15, 0.2) is 0 Å². The van der Waals surface area contributed by atoms with Crippen molar-refractivity contribution in [3.8, 4) is 0 Å². The van der Waals surface area contributed by atoms with Gasteiger partial charge in [0.2, 0.25) is 0 Å². The van der Waals surface area contributed by atoms with Gasteiger partial charge in [0.1, 0.15) is 11.7 Å². The van der Waals surface area contributed by atoms with Crippen molar-refractivity contribution in [1.29, 1.82) is 0 Å². The van der Waals surface area contributed by atoms with Crippen molar-refractivity contribution in [2.45, 2.75) is 12.5 Å². The Morgan fingerprint density at radius 1 is 0.882 bits per heavy atom. The Kier molecular flexibility index (Phi) is 6.84. The standard InChI is InChI=1S/C27H23N3O4/c31-25(19-11-5-2-6-12-19)29-23(15-18-9-3-1-4-10-18)26(32)30-24(27(33)34)16-20-17-28-22-14-8-7-13-21(20)22/h1-15,17,24,28H,16H2,(H,29,31)(H,30,32)(H,33,34)/b23-15+/t24-/m0/s1. The quantitative estimate of drug-likeness (QED) is 0.305. The zero-order valence-electron chi connectivity index (χ0n) is 18.2. The zero-order chi connectivity index (χ0) is 23.9. The lowest BCUT2D eigenvalue weighted by Crippen LogP contribution is -2.45. The van der Waals surface area contributed by atoms with Gasteiger partial charge in [0.05, 0.1) is 0 Å². The molecule has 0 spiro atoms.